The average molecular weight is 691 g/mol. The molecule has 0 spiro atoms. The summed E-state index contributed by atoms with van der Waals surface area (Å²) < 4.78 is 9.25. The van der Waals surface area contributed by atoms with Gasteiger partial charge < -0.3 is 8.98 Å². The number of fused-ring (bicyclic) bond motifs is 8. The fraction of sp³-hybridized carbons (Fsp3) is 0. The summed E-state index contributed by atoms with van der Waals surface area (Å²) in [6.45, 7) is 0. The van der Waals surface area contributed by atoms with Crippen LogP contribution >= 0.6 is 0 Å². The van der Waals surface area contributed by atoms with Crippen LogP contribution in [0, 0.1) is 0 Å². The lowest BCUT2D eigenvalue weighted by atomic mass is 10.0. The average Bonchev–Trinajstić information content (AvgIpc) is 3.80. The molecule has 0 fully saturated rings. The van der Waals surface area contributed by atoms with Crippen molar-refractivity contribution in [2.45, 2.75) is 0 Å². The third-order valence-electron chi connectivity index (χ3n) is 10.4. The molecule has 54 heavy (non-hydrogen) atoms. The Hall–Kier alpha value is -7.37. The zero-order valence-corrected chi connectivity index (χ0v) is 29.0. The minimum atomic E-state index is 0.589. The lowest BCUT2D eigenvalue weighted by Crippen LogP contribution is -2.00. The zero-order chi connectivity index (χ0) is 35.6. The third-order valence-corrected chi connectivity index (χ3v) is 10.4. The SMILES string of the molecule is c1ccc(-c2nc(-c3ccccc3)nc(-c3ccc4c(c3)oc3c(-c5ccccc5)cc(-n5c6ccccc6c6c7ccccc7ccc65)cc34)n2)cc1. The number of rotatable bonds is 5. The highest BCUT2D eigenvalue weighted by Crippen LogP contribution is 2.42. The Labute approximate surface area is 310 Å². The predicted octanol–water partition coefficient (Wildman–Crippen LogP) is 12.7. The summed E-state index contributed by atoms with van der Waals surface area (Å²) in [5.41, 5.74) is 9.86. The maximum atomic E-state index is 6.85. The molecule has 8 aromatic carbocycles. The smallest absolute Gasteiger partial charge is 0.164 e. The molecule has 3 aromatic heterocycles. The van der Waals surface area contributed by atoms with Crippen molar-refractivity contribution in [2.75, 3.05) is 0 Å². The van der Waals surface area contributed by atoms with E-state index in [1.807, 2.05) is 60.7 Å². The van der Waals surface area contributed by atoms with Crippen LogP contribution in [0.5, 0.6) is 0 Å². The monoisotopic (exact) mass is 690 g/mol. The molecule has 5 heteroatoms. The van der Waals surface area contributed by atoms with Crippen molar-refractivity contribution in [2.24, 2.45) is 0 Å². The van der Waals surface area contributed by atoms with Gasteiger partial charge in [0, 0.05) is 49.5 Å². The second-order valence-electron chi connectivity index (χ2n) is 13.6. The van der Waals surface area contributed by atoms with Gasteiger partial charge in [-0.05, 0) is 52.7 Å². The molecule has 11 rings (SSSR count). The van der Waals surface area contributed by atoms with E-state index >= 15 is 0 Å². The topological polar surface area (TPSA) is 56.7 Å². The van der Waals surface area contributed by atoms with E-state index in [9.17, 15) is 0 Å². The van der Waals surface area contributed by atoms with Crippen LogP contribution in [-0.4, -0.2) is 19.5 Å². The Balaban J connectivity index is 1.15. The Kier molecular flexibility index (Phi) is 6.79. The second kappa shape index (κ2) is 12.1. The fourth-order valence-electron chi connectivity index (χ4n) is 7.92. The highest BCUT2D eigenvalue weighted by Gasteiger charge is 2.20. The summed E-state index contributed by atoms with van der Waals surface area (Å²) in [6, 6.07) is 63.3. The number of nitrogens with zero attached hydrogens (tertiary/aromatic N) is 4. The molecule has 0 aliphatic heterocycles. The normalized spacial score (nSPS) is 11.7. The van der Waals surface area contributed by atoms with Gasteiger partial charge in [0.1, 0.15) is 11.2 Å². The van der Waals surface area contributed by atoms with Gasteiger partial charge in [0.05, 0.1) is 11.0 Å². The number of para-hydroxylation sites is 1. The number of furan rings is 1. The molecule has 0 atom stereocenters. The Morgan fingerprint density at radius 2 is 0.981 bits per heavy atom. The molecule has 0 N–H and O–H groups in total. The van der Waals surface area contributed by atoms with Crippen LogP contribution in [0.3, 0.4) is 0 Å². The van der Waals surface area contributed by atoms with Gasteiger partial charge in [0.2, 0.25) is 0 Å². The molecular weight excluding hydrogens is 661 g/mol. The molecule has 0 saturated carbocycles. The minimum Gasteiger partial charge on any atom is -0.455 e. The van der Waals surface area contributed by atoms with E-state index in [-0.39, 0.29) is 0 Å². The largest absolute Gasteiger partial charge is 0.455 e. The van der Waals surface area contributed by atoms with Gasteiger partial charge in [-0.3, -0.25) is 0 Å². The standard InChI is InChI=1S/C49H30N4O/c1-4-14-31(15-5-1)40-29-36(53-42-23-13-12-22-39(42)45-37-21-11-10-16-32(37)25-27-43(45)53)30-41-38-26-24-35(28-44(38)54-46(40)41)49-51-47(33-17-6-2-7-18-33)50-48(52-49)34-19-8-3-9-20-34/h1-30H. The van der Waals surface area contributed by atoms with E-state index < -0.39 is 0 Å². The maximum absolute atomic E-state index is 6.85. The number of hydrogen-bond donors (Lipinski definition) is 0. The first-order valence-electron chi connectivity index (χ1n) is 18.1. The molecule has 0 amide bonds. The molecule has 0 aliphatic rings. The van der Waals surface area contributed by atoms with E-state index in [0.717, 1.165) is 61.0 Å². The lowest BCUT2D eigenvalue weighted by molar-refractivity contribution is 0.670. The number of benzene rings is 8. The summed E-state index contributed by atoms with van der Waals surface area (Å²) in [5.74, 6) is 1.84. The van der Waals surface area contributed by atoms with Crippen molar-refractivity contribution in [3.8, 4) is 51.0 Å². The molecular formula is C49H30N4O. The lowest BCUT2D eigenvalue weighted by Gasteiger charge is -2.12. The summed E-state index contributed by atoms with van der Waals surface area (Å²) in [5, 5.41) is 7.04. The molecule has 5 nitrogen and oxygen atoms in total. The van der Waals surface area contributed by atoms with Crippen LogP contribution < -0.4 is 0 Å². The van der Waals surface area contributed by atoms with Gasteiger partial charge in [-0.2, -0.15) is 0 Å². The quantitative estimate of drug-likeness (QED) is 0.180. The first kappa shape index (κ1) is 30.3. The summed E-state index contributed by atoms with van der Waals surface area (Å²) in [6.07, 6.45) is 0. The van der Waals surface area contributed by atoms with Crippen LogP contribution in [0.2, 0.25) is 0 Å². The second-order valence-corrected chi connectivity index (χ2v) is 13.6. The summed E-state index contributed by atoms with van der Waals surface area (Å²) in [7, 11) is 0. The van der Waals surface area contributed by atoms with E-state index in [4.69, 9.17) is 19.4 Å². The van der Waals surface area contributed by atoms with Crippen molar-refractivity contribution >= 4 is 54.5 Å². The summed E-state index contributed by atoms with van der Waals surface area (Å²) in [4.78, 5) is 14.9. The molecule has 252 valence electrons. The number of hydrogen-bond acceptors (Lipinski definition) is 4. The molecule has 0 bridgehead atoms. The molecule has 0 aliphatic carbocycles. The number of aromatic nitrogens is 4. The fourth-order valence-corrected chi connectivity index (χ4v) is 7.92. The first-order valence-corrected chi connectivity index (χ1v) is 18.1. The van der Waals surface area contributed by atoms with E-state index in [2.05, 4.69) is 126 Å². The van der Waals surface area contributed by atoms with E-state index in [1.54, 1.807) is 0 Å². The van der Waals surface area contributed by atoms with Crippen LogP contribution in [0.4, 0.5) is 0 Å². The van der Waals surface area contributed by atoms with Gasteiger partial charge in [0.25, 0.3) is 0 Å². The van der Waals surface area contributed by atoms with Crippen LogP contribution in [-0.2, 0) is 0 Å². The minimum absolute atomic E-state index is 0.589. The van der Waals surface area contributed by atoms with Crippen molar-refractivity contribution in [1.82, 2.24) is 19.5 Å². The molecule has 0 saturated heterocycles. The van der Waals surface area contributed by atoms with E-state index in [1.165, 1.54) is 27.1 Å². The van der Waals surface area contributed by atoms with E-state index in [0.29, 0.717) is 17.5 Å². The van der Waals surface area contributed by atoms with Gasteiger partial charge in [-0.1, -0.05) is 146 Å². The van der Waals surface area contributed by atoms with Gasteiger partial charge in [-0.25, -0.2) is 15.0 Å². The van der Waals surface area contributed by atoms with Crippen molar-refractivity contribution < 1.29 is 4.42 Å². The van der Waals surface area contributed by atoms with Crippen molar-refractivity contribution in [3.63, 3.8) is 0 Å². The van der Waals surface area contributed by atoms with Gasteiger partial charge in [0.15, 0.2) is 17.5 Å². The Morgan fingerprint density at radius 1 is 0.389 bits per heavy atom. The summed E-state index contributed by atoms with van der Waals surface area (Å²) >= 11 is 0. The van der Waals surface area contributed by atoms with Crippen molar-refractivity contribution in [1.29, 1.82) is 0 Å². The van der Waals surface area contributed by atoms with Crippen LogP contribution in [0.25, 0.3) is 105 Å². The highest BCUT2D eigenvalue weighted by molar-refractivity contribution is 6.21. The van der Waals surface area contributed by atoms with Crippen LogP contribution in [0.1, 0.15) is 0 Å². The predicted molar refractivity (Wildman–Crippen MR) is 221 cm³/mol. The van der Waals surface area contributed by atoms with Gasteiger partial charge in [-0.15, -0.1) is 0 Å². The molecule has 11 aromatic rings. The maximum Gasteiger partial charge on any atom is 0.164 e. The molecule has 3 heterocycles. The highest BCUT2D eigenvalue weighted by atomic mass is 16.3. The Bertz CT molecular complexity index is 3140. The first-order chi connectivity index (χ1) is 26.8. The van der Waals surface area contributed by atoms with Gasteiger partial charge >= 0.3 is 0 Å². The third kappa shape index (κ3) is 4.83. The molecule has 0 unspecified atom stereocenters. The Morgan fingerprint density at radius 3 is 1.69 bits per heavy atom. The zero-order valence-electron chi connectivity index (χ0n) is 29.0. The van der Waals surface area contributed by atoms with Crippen LogP contribution in [0.15, 0.2) is 186 Å². The van der Waals surface area contributed by atoms with Crippen molar-refractivity contribution in [3.05, 3.63) is 182 Å². The molecule has 0 radical (unpaired) electrons.